The fourth-order valence-corrected chi connectivity index (χ4v) is 3.95. The van der Waals surface area contributed by atoms with E-state index >= 15 is 0 Å². The molecule has 6 nitrogen and oxygen atoms in total. The smallest absolute Gasteiger partial charge is 0.249 e. The van der Waals surface area contributed by atoms with Gasteiger partial charge in [-0.05, 0) is 6.92 Å². The van der Waals surface area contributed by atoms with E-state index in [1.807, 2.05) is 12.3 Å². The van der Waals surface area contributed by atoms with Crippen LogP contribution in [0, 0.1) is 0 Å². The van der Waals surface area contributed by atoms with E-state index in [2.05, 4.69) is 29.1 Å². The highest BCUT2D eigenvalue weighted by molar-refractivity contribution is 7.91. The van der Waals surface area contributed by atoms with Crippen LogP contribution < -0.4 is 10.5 Å². The average molecular weight is 332 g/mol. The molecule has 2 heterocycles. The Kier molecular flexibility index (Phi) is 4.43. The molecular formula is C11H16N4O2S3. The summed E-state index contributed by atoms with van der Waals surface area (Å²) in [7, 11) is -3.69. The van der Waals surface area contributed by atoms with Gasteiger partial charge in [-0.2, -0.15) is 0 Å². The lowest BCUT2D eigenvalue weighted by atomic mass is 10.2. The maximum absolute atomic E-state index is 11.2. The number of anilines is 1. The molecule has 0 aliphatic rings. The van der Waals surface area contributed by atoms with Crippen LogP contribution in [0.15, 0.2) is 15.8 Å². The van der Waals surface area contributed by atoms with E-state index in [4.69, 9.17) is 5.14 Å². The van der Waals surface area contributed by atoms with Crippen molar-refractivity contribution in [1.29, 1.82) is 0 Å². The molecule has 0 saturated carbocycles. The molecule has 9 heteroatoms. The van der Waals surface area contributed by atoms with Crippen LogP contribution in [-0.4, -0.2) is 18.4 Å². The van der Waals surface area contributed by atoms with Gasteiger partial charge in [0.2, 0.25) is 10.0 Å². The lowest BCUT2D eigenvalue weighted by Crippen LogP contribution is -2.10. The molecule has 0 aliphatic carbocycles. The van der Waals surface area contributed by atoms with Gasteiger partial charge in [0.05, 0.1) is 22.9 Å². The molecule has 0 unspecified atom stereocenters. The van der Waals surface area contributed by atoms with Gasteiger partial charge in [-0.3, -0.25) is 0 Å². The van der Waals surface area contributed by atoms with Crippen molar-refractivity contribution < 1.29 is 8.42 Å². The number of sulfonamides is 1. The summed E-state index contributed by atoms with van der Waals surface area (Å²) in [4.78, 5) is 8.57. The number of nitrogens with two attached hydrogens (primary N) is 1. The molecule has 0 fully saturated rings. The van der Waals surface area contributed by atoms with Gasteiger partial charge in [-0.15, -0.1) is 11.3 Å². The van der Waals surface area contributed by atoms with Crippen LogP contribution >= 0.6 is 22.7 Å². The Morgan fingerprint density at radius 3 is 2.55 bits per heavy atom. The van der Waals surface area contributed by atoms with Crippen molar-refractivity contribution in [1.82, 2.24) is 9.97 Å². The fraction of sp³-hybridized carbons (Fsp3) is 0.455. The number of hydrogen-bond acceptors (Lipinski definition) is 7. The number of rotatable bonds is 5. The summed E-state index contributed by atoms with van der Waals surface area (Å²) in [5.41, 5.74) is 0.922. The Hall–Kier alpha value is -1.03. The Morgan fingerprint density at radius 2 is 2.05 bits per heavy atom. The summed E-state index contributed by atoms with van der Waals surface area (Å²) in [5.74, 6) is 0.398. The minimum atomic E-state index is -3.69. The highest BCUT2D eigenvalue weighted by Gasteiger charge is 2.16. The predicted molar refractivity (Wildman–Crippen MR) is 81.7 cm³/mol. The molecule has 20 heavy (non-hydrogen) atoms. The van der Waals surface area contributed by atoms with Crippen LogP contribution in [0.2, 0.25) is 0 Å². The summed E-state index contributed by atoms with van der Waals surface area (Å²) in [6, 6.07) is -0.0433. The molecule has 1 atom stereocenters. The highest BCUT2D eigenvalue weighted by atomic mass is 32.2. The molecule has 0 radical (unpaired) electrons. The minimum absolute atomic E-state index is 0.0433. The monoisotopic (exact) mass is 332 g/mol. The number of nitrogens with zero attached hydrogens (tertiary/aromatic N) is 2. The van der Waals surface area contributed by atoms with Crippen LogP contribution in [0.5, 0.6) is 0 Å². The molecule has 0 aromatic carbocycles. The summed E-state index contributed by atoms with van der Waals surface area (Å²) in [6.45, 7) is 6.15. The fourth-order valence-electron chi connectivity index (χ4n) is 1.48. The van der Waals surface area contributed by atoms with Gasteiger partial charge < -0.3 is 5.32 Å². The normalized spacial score (nSPS) is 13.7. The standard InChI is InChI=1S/C11H16N4O2S3/c1-6(2)10-15-8(5-18-10)7(3)14-11-13-4-9(19-11)20(12,16)17/h4-7H,1-3H3,(H,13,14)(H2,12,16,17)/t7-/m1/s1. The van der Waals surface area contributed by atoms with Crippen LogP contribution in [0.4, 0.5) is 5.13 Å². The Balaban J connectivity index is 2.11. The molecule has 0 bridgehead atoms. The molecule has 2 aromatic rings. The first-order valence-electron chi connectivity index (χ1n) is 5.98. The van der Waals surface area contributed by atoms with E-state index in [1.54, 1.807) is 11.3 Å². The molecule has 0 spiro atoms. The maximum Gasteiger partial charge on any atom is 0.249 e. The van der Waals surface area contributed by atoms with Gasteiger partial charge in [0.1, 0.15) is 0 Å². The second-order valence-corrected chi connectivity index (χ2v) is 8.37. The summed E-state index contributed by atoms with van der Waals surface area (Å²) in [5, 5.41) is 11.8. The van der Waals surface area contributed by atoms with Crippen molar-refractivity contribution in [3.8, 4) is 0 Å². The van der Waals surface area contributed by atoms with Gasteiger partial charge in [0.15, 0.2) is 9.34 Å². The van der Waals surface area contributed by atoms with E-state index in [9.17, 15) is 8.42 Å². The third-order valence-corrected chi connectivity index (χ3v) is 6.08. The molecule has 2 rings (SSSR count). The lowest BCUT2D eigenvalue weighted by molar-refractivity contribution is 0.599. The maximum atomic E-state index is 11.2. The zero-order valence-corrected chi connectivity index (χ0v) is 13.8. The Labute approximate surface area is 126 Å². The van der Waals surface area contributed by atoms with Crippen LogP contribution in [0.3, 0.4) is 0 Å². The molecule has 0 amide bonds. The first-order chi connectivity index (χ1) is 9.27. The second kappa shape index (κ2) is 5.76. The van der Waals surface area contributed by atoms with Crippen molar-refractivity contribution in [2.24, 2.45) is 5.14 Å². The SMILES string of the molecule is CC(C)c1nc([C@@H](C)Nc2ncc(S(N)(=O)=O)s2)cs1. The number of nitrogens with one attached hydrogen (secondary N) is 1. The zero-order chi connectivity index (χ0) is 14.9. The molecule has 2 aromatic heterocycles. The van der Waals surface area contributed by atoms with Crippen molar-refractivity contribution in [2.75, 3.05) is 5.32 Å². The largest absolute Gasteiger partial charge is 0.353 e. The zero-order valence-electron chi connectivity index (χ0n) is 11.3. The Bertz CT molecular complexity index is 690. The van der Waals surface area contributed by atoms with Crippen molar-refractivity contribution in [3.05, 3.63) is 22.3 Å². The average Bonchev–Trinajstić information content (AvgIpc) is 2.95. The highest BCUT2D eigenvalue weighted by Crippen LogP contribution is 2.27. The summed E-state index contributed by atoms with van der Waals surface area (Å²) in [6.07, 6.45) is 1.26. The molecular weight excluding hydrogens is 316 g/mol. The van der Waals surface area contributed by atoms with Crippen LogP contribution in [0.25, 0.3) is 0 Å². The van der Waals surface area contributed by atoms with Gasteiger partial charge in [0, 0.05) is 11.3 Å². The number of primary sulfonamides is 1. The van der Waals surface area contributed by atoms with Crippen LogP contribution in [0.1, 0.15) is 43.4 Å². The van der Waals surface area contributed by atoms with Gasteiger partial charge in [0.25, 0.3) is 0 Å². The van der Waals surface area contributed by atoms with E-state index in [0.29, 0.717) is 11.0 Å². The molecule has 0 saturated heterocycles. The van der Waals surface area contributed by atoms with Crippen molar-refractivity contribution >= 4 is 37.8 Å². The third-order valence-electron chi connectivity index (χ3n) is 2.58. The predicted octanol–water partition coefficient (Wildman–Crippen LogP) is 2.54. The van der Waals surface area contributed by atoms with Crippen LogP contribution in [-0.2, 0) is 10.0 Å². The second-order valence-electron chi connectivity index (χ2n) is 4.66. The molecule has 0 aliphatic heterocycles. The summed E-state index contributed by atoms with van der Waals surface area (Å²) >= 11 is 2.64. The first kappa shape index (κ1) is 15.4. The van der Waals surface area contributed by atoms with Crippen molar-refractivity contribution in [2.45, 2.75) is 36.9 Å². The molecule has 110 valence electrons. The topological polar surface area (TPSA) is 98.0 Å². The number of aromatic nitrogens is 2. The third kappa shape index (κ3) is 3.54. The summed E-state index contributed by atoms with van der Waals surface area (Å²) < 4.78 is 22.4. The first-order valence-corrected chi connectivity index (χ1v) is 9.22. The van der Waals surface area contributed by atoms with E-state index in [0.717, 1.165) is 22.0 Å². The van der Waals surface area contributed by atoms with Gasteiger partial charge in [-0.1, -0.05) is 25.2 Å². The lowest BCUT2D eigenvalue weighted by Gasteiger charge is -2.09. The number of thiazole rings is 2. The van der Waals surface area contributed by atoms with Crippen molar-refractivity contribution in [3.63, 3.8) is 0 Å². The van der Waals surface area contributed by atoms with Gasteiger partial charge in [-0.25, -0.2) is 23.5 Å². The quantitative estimate of drug-likeness (QED) is 0.877. The van der Waals surface area contributed by atoms with Gasteiger partial charge >= 0.3 is 0 Å². The molecule has 3 N–H and O–H groups in total. The minimum Gasteiger partial charge on any atom is -0.353 e. The van der Waals surface area contributed by atoms with E-state index < -0.39 is 10.0 Å². The van der Waals surface area contributed by atoms with E-state index in [-0.39, 0.29) is 10.3 Å². The number of hydrogen-bond donors (Lipinski definition) is 2. The Morgan fingerprint density at radius 1 is 1.35 bits per heavy atom. The van der Waals surface area contributed by atoms with E-state index in [1.165, 1.54) is 6.20 Å².